The number of likely N-dealkylation sites (tertiary alicyclic amines) is 2. The Morgan fingerprint density at radius 2 is 1.30 bits per heavy atom. The van der Waals surface area contributed by atoms with Crippen LogP contribution < -0.4 is 16.0 Å². The van der Waals surface area contributed by atoms with Gasteiger partial charge in [0.1, 0.15) is 0 Å². The van der Waals surface area contributed by atoms with Crippen LogP contribution in [0.5, 0.6) is 0 Å². The van der Waals surface area contributed by atoms with E-state index < -0.39 is 41.7 Å². The van der Waals surface area contributed by atoms with Crippen LogP contribution in [0.1, 0.15) is 64.7 Å². The van der Waals surface area contributed by atoms with Gasteiger partial charge in [-0.05, 0) is 90.9 Å². The largest absolute Gasteiger partial charge is 0.380 e. The standard InChI is InChI=1S/C32H54ClN7O6/c1-21(41)29(32(44)36-26-20-27(45-2)25(33)19-28(26)46-3)38-37-24-17-22(30(42)34-8-14-39-10-4-5-11-39)16-23(18-24)31(43)35-9-15-40-12-6-7-13-40/h22-29H,4-20H2,1-3H3,(H,34,42)(H,35,43)(H,36,44). The predicted molar refractivity (Wildman–Crippen MR) is 174 cm³/mol. The Labute approximate surface area is 278 Å². The van der Waals surface area contributed by atoms with Gasteiger partial charge in [0.2, 0.25) is 17.9 Å². The van der Waals surface area contributed by atoms with Gasteiger partial charge >= 0.3 is 0 Å². The molecule has 14 heteroatoms. The van der Waals surface area contributed by atoms with Crippen molar-refractivity contribution in [3.8, 4) is 0 Å². The normalized spacial score (nSPS) is 31.5. The highest BCUT2D eigenvalue weighted by molar-refractivity contribution is 6.21. The molecule has 2 aliphatic heterocycles. The number of azo groups is 1. The van der Waals surface area contributed by atoms with Crippen molar-refractivity contribution in [1.82, 2.24) is 25.8 Å². The van der Waals surface area contributed by atoms with Gasteiger partial charge in [0.25, 0.3) is 5.91 Å². The second kappa shape index (κ2) is 18.4. The monoisotopic (exact) mass is 667 g/mol. The number of hydrogen-bond acceptors (Lipinski definition) is 10. The van der Waals surface area contributed by atoms with Gasteiger partial charge in [-0.25, -0.2) is 0 Å². The van der Waals surface area contributed by atoms with E-state index in [1.54, 1.807) is 14.2 Å². The van der Waals surface area contributed by atoms with Gasteiger partial charge in [-0.1, -0.05) is 0 Å². The third-order valence-corrected chi connectivity index (χ3v) is 10.4. The van der Waals surface area contributed by atoms with Crippen LogP contribution in [0.2, 0.25) is 0 Å². The van der Waals surface area contributed by atoms with Crippen LogP contribution in [0.15, 0.2) is 10.2 Å². The molecule has 2 saturated heterocycles. The number of methoxy groups -OCH3 is 2. The van der Waals surface area contributed by atoms with Crippen LogP contribution >= 0.6 is 11.6 Å². The van der Waals surface area contributed by atoms with Crippen molar-refractivity contribution < 1.29 is 28.7 Å². The van der Waals surface area contributed by atoms with Crippen molar-refractivity contribution in [3.05, 3.63) is 0 Å². The smallest absolute Gasteiger partial charge is 0.254 e. The highest BCUT2D eigenvalue weighted by Gasteiger charge is 2.40. The summed E-state index contributed by atoms with van der Waals surface area (Å²) in [6.07, 6.45) is 6.27. The molecule has 0 aromatic carbocycles. The Balaban J connectivity index is 1.39. The molecule has 7 unspecified atom stereocenters. The predicted octanol–water partition coefficient (Wildman–Crippen LogP) is 1.52. The first-order valence-corrected chi connectivity index (χ1v) is 17.5. The minimum atomic E-state index is -1.35. The summed E-state index contributed by atoms with van der Waals surface area (Å²) in [5, 5.41) is 17.4. The van der Waals surface area contributed by atoms with Crippen LogP contribution in [-0.2, 0) is 28.7 Å². The minimum Gasteiger partial charge on any atom is -0.380 e. The number of Topliss-reactive ketones (excluding diaryl/α,β-unsaturated/α-hetero) is 1. The molecule has 3 N–H and O–H groups in total. The summed E-state index contributed by atoms with van der Waals surface area (Å²) in [7, 11) is 3.13. The average molecular weight is 668 g/mol. The van der Waals surface area contributed by atoms with Gasteiger partial charge in [0.05, 0.1) is 29.7 Å². The van der Waals surface area contributed by atoms with Crippen molar-refractivity contribution in [2.45, 2.75) is 100 Å². The fourth-order valence-corrected chi connectivity index (χ4v) is 7.65. The molecule has 2 saturated carbocycles. The first-order chi connectivity index (χ1) is 22.2. The average Bonchev–Trinajstić information content (AvgIpc) is 3.76. The molecule has 0 bridgehead atoms. The molecule has 4 fully saturated rings. The summed E-state index contributed by atoms with van der Waals surface area (Å²) < 4.78 is 11.1. The number of alkyl halides is 1. The van der Waals surface area contributed by atoms with Crippen LogP contribution in [0.25, 0.3) is 0 Å². The zero-order valence-corrected chi connectivity index (χ0v) is 28.5. The molecule has 2 aliphatic carbocycles. The Kier molecular flexibility index (Phi) is 14.6. The summed E-state index contributed by atoms with van der Waals surface area (Å²) in [5.74, 6) is -2.06. The molecule has 2 heterocycles. The van der Waals surface area contributed by atoms with Crippen molar-refractivity contribution in [2.24, 2.45) is 22.1 Å². The number of carbonyl (C=O) groups is 4. The lowest BCUT2D eigenvalue weighted by molar-refractivity contribution is -0.133. The molecule has 0 radical (unpaired) electrons. The molecule has 0 aromatic heterocycles. The first-order valence-electron chi connectivity index (χ1n) is 17.1. The fourth-order valence-electron chi connectivity index (χ4n) is 7.27. The molecule has 13 nitrogen and oxygen atoms in total. The van der Waals surface area contributed by atoms with Gasteiger partial charge in [0.15, 0.2) is 5.78 Å². The number of ketones is 1. The second-order valence-electron chi connectivity index (χ2n) is 13.3. The van der Waals surface area contributed by atoms with E-state index in [-0.39, 0.29) is 29.4 Å². The maximum atomic E-state index is 13.3. The second-order valence-corrected chi connectivity index (χ2v) is 13.9. The van der Waals surface area contributed by atoms with Gasteiger partial charge in [-0.3, -0.25) is 19.2 Å². The fraction of sp³-hybridized carbons (Fsp3) is 0.875. The van der Waals surface area contributed by atoms with Crippen LogP contribution in [0, 0.1) is 11.8 Å². The highest BCUT2D eigenvalue weighted by atomic mass is 35.5. The summed E-state index contributed by atoms with van der Waals surface area (Å²) in [6.45, 7) is 8.24. The van der Waals surface area contributed by atoms with Crippen molar-refractivity contribution in [3.63, 3.8) is 0 Å². The summed E-state index contributed by atoms with van der Waals surface area (Å²) in [5.41, 5.74) is 0. The first kappa shape index (κ1) is 36.6. The van der Waals surface area contributed by atoms with E-state index >= 15 is 0 Å². The zero-order chi connectivity index (χ0) is 33.1. The minimum absolute atomic E-state index is 0.0944. The number of ether oxygens (including phenoxy) is 2. The maximum Gasteiger partial charge on any atom is 0.254 e. The van der Waals surface area contributed by atoms with Crippen molar-refractivity contribution >= 4 is 35.1 Å². The van der Waals surface area contributed by atoms with Gasteiger partial charge in [0, 0.05) is 52.2 Å². The van der Waals surface area contributed by atoms with Gasteiger partial charge < -0.3 is 35.2 Å². The summed E-state index contributed by atoms with van der Waals surface area (Å²) in [6, 6.07) is -2.25. The van der Waals surface area contributed by atoms with E-state index in [0.29, 0.717) is 45.2 Å². The molecular formula is C32H54ClN7O6. The van der Waals surface area contributed by atoms with Gasteiger partial charge in [-0.2, -0.15) is 10.2 Å². The number of halogens is 1. The number of nitrogens with one attached hydrogen (secondary N) is 3. The number of rotatable bonds is 15. The Bertz CT molecular complexity index is 1010. The molecule has 7 atom stereocenters. The molecule has 46 heavy (non-hydrogen) atoms. The van der Waals surface area contributed by atoms with E-state index in [1.807, 2.05) is 0 Å². The molecular weight excluding hydrogens is 614 g/mol. The molecule has 4 rings (SSSR count). The van der Waals surface area contributed by atoms with Crippen molar-refractivity contribution in [2.75, 3.05) is 66.6 Å². The van der Waals surface area contributed by atoms with Crippen LogP contribution in [0.4, 0.5) is 0 Å². The number of carbonyl (C=O) groups excluding carboxylic acids is 4. The topological polar surface area (TPSA) is 154 Å². The summed E-state index contributed by atoms with van der Waals surface area (Å²) >= 11 is 6.42. The third kappa shape index (κ3) is 10.7. The molecule has 0 aromatic rings. The Morgan fingerprint density at radius 1 is 0.783 bits per heavy atom. The molecule has 260 valence electrons. The lowest BCUT2D eigenvalue weighted by atomic mass is 9.78. The summed E-state index contributed by atoms with van der Waals surface area (Å²) in [4.78, 5) is 57.2. The van der Waals surface area contributed by atoms with Gasteiger partial charge in [-0.15, -0.1) is 11.6 Å². The Morgan fingerprint density at radius 3 is 1.78 bits per heavy atom. The molecule has 0 spiro atoms. The van der Waals surface area contributed by atoms with E-state index in [1.165, 1.54) is 32.6 Å². The number of nitrogens with zero attached hydrogens (tertiary/aromatic N) is 4. The molecule has 4 aliphatic rings. The number of amides is 3. The van der Waals surface area contributed by atoms with E-state index in [2.05, 4.69) is 36.0 Å². The van der Waals surface area contributed by atoms with E-state index in [0.717, 1.165) is 39.3 Å². The van der Waals surface area contributed by atoms with E-state index in [9.17, 15) is 19.2 Å². The lowest BCUT2D eigenvalue weighted by Gasteiger charge is -2.38. The maximum absolute atomic E-state index is 13.3. The highest BCUT2D eigenvalue weighted by Crippen LogP contribution is 2.32. The quantitative estimate of drug-likeness (QED) is 0.135. The van der Waals surface area contributed by atoms with Crippen LogP contribution in [-0.4, -0.2) is 136 Å². The third-order valence-electron chi connectivity index (χ3n) is 9.98. The SMILES string of the molecule is COC1CC(NC(=O)C(N=NC2CC(C(=O)NCCN3CCCC3)CC(C(=O)NCCN3CCCC3)C2)C(C)=O)C(OC)CC1Cl. The van der Waals surface area contributed by atoms with Crippen molar-refractivity contribution in [1.29, 1.82) is 0 Å². The Hall–Kier alpha value is -2.19. The van der Waals surface area contributed by atoms with Crippen LogP contribution in [0.3, 0.4) is 0 Å². The van der Waals surface area contributed by atoms with E-state index in [4.69, 9.17) is 21.1 Å². The lowest BCUT2D eigenvalue weighted by Crippen LogP contribution is -2.55. The zero-order valence-electron chi connectivity index (χ0n) is 27.8. The molecule has 3 amide bonds. The number of hydrogen-bond donors (Lipinski definition) is 3.